The van der Waals surface area contributed by atoms with Gasteiger partial charge in [0.05, 0.1) is 6.07 Å². The minimum Gasteiger partial charge on any atom is -0.309 e. The summed E-state index contributed by atoms with van der Waals surface area (Å²) >= 11 is 6.03. The average molecular weight is 209 g/mol. The molecule has 1 N–H and O–H groups in total. The summed E-state index contributed by atoms with van der Waals surface area (Å²) in [7, 11) is 0. The van der Waals surface area contributed by atoms with E-state index in [0.717, 1.165) is 10.6 Å². The van der Waals surface area contributed by atoms with Crippen molar-refractivity contribution in [2.24, 2.45) is 0 Å². The third-order valence-corrected chi connectivity index (χ3v) is 2.40. The standard InChI is InChI=1S/C11H13ClN2/c1-9(14-8-4-7-13)10-5-2-3-6-11(10)12/h2-3,5-6,9,14H,4,8H2,1H3/t9-/m1/s1. The lowest BCUT2D eigenvalue weighted by Gasteiger charge is -2.14. The van der Waals surface area contributed by atoms with E-state index < -0.39 is 0 Å². The minimum atomic E-state index is 0.192. The van der Waals surface area contributed by atoms with Crippen molar-refractivity contribution in [1.29, 1.82) is 5.26 Å². The Hall–Kier alpha value is -1.04. The highest BCUT2D eigenvalue weighted by atomic mass is 35.5. The molecule has 0 radical (unpaired) electrons. The van der Waals surface area contributed by atoms with Gasteiger partial charge in [-0.2, -0.15) is 5.26 Å². The number of benzene rings is 1. The number of rotatable bonds is 4. The summed E-state index contributed by atoms with van der Waals surface area (Å²) in [4.78, 5) is 0. The highest BCUT2D eigenvalue weighted by Gasteiger charge is 2.06. The van der Waals surface area contributed by atoms with Gasteiger partial charge < -0.3 is 5.32 Å². The molecule has 0 aliphatic rings. The molecule has 1 aromatic carbocycles. The fourth-order valence-electron chi connectivity index (χ4n) is 1.28. The number of hydrogen-bond donors (Lipinski definition) is 1. The third kappa shape index (κ3) is 3.02. The Labute approximate surface area is 89.5 Å². The summed E-state index contributed by atoms with van der Waals surface area (Å²) in [5.74, 6) is 0. The zero-order valence-corrected chi connectivity index (χ0v) is 8.88. The van der Waals surface area contributed by atoms with Crippen molar-refractivity contribution >= 4 is 11.6 Å². The maximum atomic E-state index is 8.39. The topological polar surface area (TPSA) is 35.8 Å². The molecule has 1 aromatic rings. The van der Waals surface area contributed by atoms with Gasteiger partial charge in [-0.1, -0.05) is 29.8 Å². The van der Waals surface area contributed by atoms with Crippen molar-refractivity contribution in [3.05, 3.63) is 34.9 Å². The lowest BCUT2D eigenvalue weighted by molar-refractivity contribution is 0.583. The van der Waals surface area contributed by atoms with Gasteiger partial charge in [0, 0.05) is 24.0 Å². The Bertz CT molecular complexity index is 330. The molecule has 1 rings (SSSR count). The molecule has 74 valence electrons. The van der Waals surface area contributed by atoms with E-state index in [1.807, 2.05) is 31.2 Å². The number of halogens is 1. The molecular weight excluding hydrogens is 196 g/mol. The number of nitriles is 1. The Balaban J connectivity index is 2.57. The third-order valence-electron chi connectivity index (χ3n) is 2.06. The van der Waals surface area contributed by atoms with Crippen molar-refractivity contribution in [3.63, 3.8) is 0 Å². The van der Waals surface area contributed by atoms with Crippen molar-refractivity contribution in [3.8, 4) is 6.07 Å². The van der Waals surface area contributed by atoms with E-state index in [9.17, 15) is 0 Å². The minimum absolute atomic E-state index is 0.192. The van der Waals surface area contributed by atoms with E-state index in [1.54, 1.807) is 0 Å². The van der Waals surface area contributed by atoms with E-state index in [2.05, 4.69) is 11.4 Å². The first-order chi connectivity index (χ1) is 6.75. The lowest BCUT2D eigenvalue weighted by atomic mass is 10.1. The van der Waals surface area contributed by atoms with Crippen LogP contribution in [-0.2, 0) is 0 Å². The normalized spacial score (nSPS) is 12.1. The van der Waals surface area contributed by atoms with Crippen molar-refractivity contribution in [2.75, 3.05) is 6.54 Å². The van der Waals surface area contributed by atoms with Crippen molar-refractivity contribution in [1.82, 2.24) is 5.32 Å². The zero-order chi connectivity index (χ0) is 10.4. The van der Waals surface area contributed by atoms with Crippen LogP contribution in [0.4, 0.5) is 0 Å². The van der Waals surface area contributed by atoms with Gasteiger partial charge in [0.1, 0.15) is 0 Å². The Morgan fingerprint density at radius 2 is 2.21 bits per heavy atom. The van der Waals surface area contributed by atoms with Gasteiger partial charge >= 0.3 is 0 Å². The number of nitrogens with one attached hydrogen (secondary N) is 1. The first-order valence-corrected chi connectivity index (χ1v) is 4.98. The van der Waals surface area contributed by atoms with Crippen LogP contribution in [0.3, 0.4) is 0 Å². The van der Waals surface area contributed by atoms with Gasteiger partial charge in [-0.15, -0.1) is 0 Å². The van der Waals surface area contributed by atoms with E-state index in [0.29, 0.717) is 13.0 Å². The maximum absolute atomic E-state index is 8.39. The first-order valence-electron chi connectivity index (χ1n) is 4.60. The smallest absolute Gasteiger partial charge is 0.0635 e. The predicted octanol–water partition coefficient (Wildman–Crippen LogP) is 2.90. The average Bonchev–Trinajstić information content (AvgIpc) is 2.18. The van der Waals surface area contributed by atoms with Gasteiger partial charge in [-0.3, -0.25) is 0 Å². The van der Waals surface area contributed by atoms with Crippen LogP contribution in [0.2, 0.25) is 5.02 Å². The molecule has 0 unspecified atom stereocenters. The van der Waals surface area contributed by atoms with Crippen LogP contribution in [0.15, 0.2) is 24.3 Å². The van der Waals surface area contributed by atoms with Crippen molar-refractivity contribution in [2.45, 2.75) is 19.4 Å². The fraction of sp³-hybridized carbons (Fsp3) is 0.364. The van der Waals surface area contributed by atoms with Gasteiger partial charge in [0.25, 0.3) is 0 Å². The molecule has 0 heterocycles. The summed E-state index contributed by atoms with van der Waals surface area (Å²) in [6.07, 6.45) is 0.523. The molecule has 2 nitrogen and oxygen atoms in total. The second-order valence-corrected chi connectivity index (χ2v) is 3.51. The quantitative estimate of drug-likeness (QED) is 0.773. The summed E-state index contributed by atoms with van der Waals surface area (Å²) in [5, 5.41) is 12.4. The van der Waals surface area contributed by atoms with Crippen LogP contribution in [-0.4, -0.2) is 6.54 Å². The molecule has 3 heteroatoms. The van der Waals surface area contributed by atoms with Gasteiger partial charge in [-0.05, 0) is 18.6 Å². The van der Waals surface area contributed by atoms with E-state index in [4.69, 9.17) is 16.9 Å². The van der Waals surface area contributed by atoms with E-state index >= 15 is 0 Å². The molecule has 14 heavy (non-hydrogen) atoms. The fourth-order valence-corrected chi connectivity index (χ4v) is 1.58. The molecular formula is C11H13ClN2. The molecule has 0 saturated heterocycles. The highest BCUT2D eigenvalue weighted by molar-refractivity contribution is 6.31. The maximum Gasteiger partial charge on any atom is 0.0635 e. The molecule has 0 aliphatic carbocycles. The number of hydrogen-bond acceptors (Lipinski definition) is 2. The molecule has 0 bridgehead atoms. The summed E-state index contributed by atoms with van der Waals surface area (Å²) < 4.78 is 0. The molecule has 0 spiro atoms. The van der Waals surface area contributed by atoms with E-state index in [1.165, 1.54) is 0 Å². The van der Waals surface area contributed by atoms with Crippen molar-refractivity contribution < 1.29 is 0 Å². The molecule has 1 atom stereocenters. The largest absolute Gasteiger partial charge is 0.309 e. The second kappa shape index (κ2) is 5.64. The molecule has 0 aromatic heterocycles. The van der Waals surface area contributed by atoms with Gasteiger partial charge in [-0.25, -0.2) is 0 Å². The van der Waals surface area contributed by atoms with E-state index in [-0.39, 0.29) is 6.04 Å². The SMILES string of the molecule is C[C@@H](NCCC#N)c1ccccc1Cl. The summed E-state index contributed by atoms with van der Waals surface area (Å²) in [6, 6.07) is 10.0. The van der Waals surface area contributed by atoms with Crippen LogP contribution in [0.25, 0.3) is 0 Å². The zero-order valence-electron chi connectivity index (χ0n) is 8.13. The molecule has 0 amide bonds. The van der Waals surface area contributed by atoms with Crippen LogP contribution < -0.4 is 5.32 Å². The van der Waals surface area contributed by atoms with Crippen LogP contribution in [0.5, 0.6) is 0 Å². The highest BCUT2D eigenvalue weighted by Crippen LogP contribution is 2.21. The first kappa shape index (κ1) is 11.0. The van der Waals surface area contributed by atoms with Crippen LogP contribution in [0.1, 0.15) is 24.9 Å². The van der Waals surface area contributed by atoms with Crippen LogP contribution in [0, 0.1) is 11.3 Å². The second-order valence-electron chi connectivity index (χ2n) is 3.11. The van der Waals surface area contributed by atoms with Gasteiger partial charge in [0.15, 0.2) is 0 Å². The summed E-state index contributed by atoms with van der Waals surface area (Å²) in [6.45, 7) is 2.74. The summed E-state index contributed by atoms with van der Waals surface area (Å²) in [5.41, 5.74) is 1.08. The lowest BCUT2D eigenvalue weighted by Crippen LogP contribution is -2.19. The van der Waals surface area contributed by atoms with Gasteiger partial charge in [0.2, 0.25) is 0 Å². The molecule has 0 aliphatic heterocycles. The number of nitrogens with zero attached hydrogens (tertiary/aromatic N) is 1. The monoisotopic (exact) mass is 208 g/mol. The predicted molar refractivity (Wildman–Crippen MR) is 58.1 cm³/mol. The Morgan fingerprint density at radius 1 is 1.50 bits per heavy atom. The molecule has 0 saturated carbocycles. The van der Waals surface area contributed by atoms with Crippen LogP contribution >= 0.6 is 11.6 Å². The Morgan fingerprint density at radius 3 is 2.86 bits per heavy atom. The Kier molecular flexibility index (Phi) is 4.45. The molecule has 0 fully saturated rings.